The average Bonchev–Trinajstić information content (AvgIpc) is 2.98. The van der Waals surface area contributed by atoms with Crippen LogP contribution in [-0.4, -0.2) is 54.5 Å². The normalized spacial score (nSPS) is 19.9. The summed E-state index contributed by atoms with van der Waals surface area (Å²) >= 11 is 0. The van der Waals surface area contributed by atoms with Crippen LogP contribution in [0.3, 0.4) is 0 Å². The van der Waals surface area contributed by atoms with Crippen molar-refractivity contribution in [1.82, 2.24) is 15.5 Å². The topological polar surface area (TPSA) is 79.9 Å². The summed E-state index contributed by atoms with van der Waals surface area (Å²) in [4.78, 5) is 26.5. The minimum atomic E-state index is -0.531. The van der Waals surface area contributed by atoms with E-state index in [1.165, 1.54) is 5.56 Å². The molecule has 1 aromatic rings. The fraction of sp³-hybridized carbons (Fsp3) is 0.652. The van der Waals surface area contributed by atoms with Crippen molar-refractivity contribution in [2.45, 2.75) is 59.3 Å². The molecule has 2 rings (SSSR count). The van der Waals surface area contributed by atoms with Crippen LogP contribution in [0.1, 0.15) is 47.1 Å². The molecule has 168 valence electrons. The summed E-state index contributed by atoms with van der Waals surface area (Å²) < 4.78 is 10.7. The van der Waals surface area contributed by atoms with E-state index in [9.17, 15) is 9.59 Å². The predicted molar refractivity (Wildman–Crippen MR) is 117 cm³/mol. The summed E-state index contributed by atoms with van der Waals surface area (Å²) in [6.45, 7) is 14.6. The van der Waals surface area contributed by atoms with Crippen LogP contribution in [0.2, 0.25) is 0 Å². The van der Waals surface area contributed by atoms with Gasteiger partial charge < -0.3 is 20.1 Å². The molecule has 0 spiro atoms. The van der Waals surface area contributed by atoms with Crippen molar-refractivity contribution in [3.63, 3.8) is 0 Å². The lowest BCUT2D eigenvalue weighted by Gasteiger charge is -2.24. The molecule has 7 nitrogen and oxygen atoms in total. The molecule has 0 bridgehead atoms. The standard InChI is InChI=1S/C23H37N3O4/c1-22(2,3)29-20(27)24-12-18-15-26(14-17-10-8-7-9-11-17)16-19(18)13-25-21(28)30-23(4,5)6/h7-11,18-19H,12-16H2,1-6H3,(H,24,27)(H,25,28). The molecule has 1 saturated heterocycles. The molecule has 0 radical (unpaired) electrons. The maximum absolute atomic E-state index is 12.1. The Hall–Kier alpha value is -2.28. The van der Waals surface area contributed by atoms with Gasteiger partial charge in [0, 0.05) is 32.7 Å². The van der Waals surface area contributed by atoms with Crippen LogP contribution >= 0.6 is 0 Å². The van der Waals surface area contributed by atoms with E-state index in [0.29, 0.717) is 13.1 Å². The number of rotatable bonds is 6. The fourth-order valence-corrected chi connectivity index (χ4v) is 3.53. The number of carbonyl (C=O) groups is 2. The van der Waals surface area contributed by atoms with E-state index < -0.39 is 23.4 Å². The van der Waals surface area contributed by atoms with Crippen LogP contribution < -0.4 is 10.6 Å². The Morgan fingerprint density at radius 3 is 1.70 bits per heavy atom. The molecule has 7 heteroatoms. The molecule has 0 saturated carbocycles. The van der Waals surface area contributed by atoms with Crippen LogP contribution in [0.25, 0.3) is 0 Å². The van der Waals surface area contributed by atoms with Crippen molar-refractivity contribution in [3.8, 4) is 0 Å². The predicted octanol–water partition coefficient (Wildman–Crippen LogP) is 3.78. The van der Waals surface area contributed by atoms with Crippen molar-refractivity contribution < 1.29 is 19.1 Å². The molecular formula is C23H37N3O4. The van der Waals surface area contributed by atoms with Gasteiger partial charge in [-0.2, -0.15) is 0 Å². The second-order valence-electron chi connectivity index (χ2n) is 9.97. The van der Waals surface area contributed by atoms with E-state index in [0.717, 1.165) is 19.6 Å². The largest absolute Gasteiger partial charge is 0.444 e. The summed E-state index contributed by atoms with van der Waals surface area (Å²) in [5, 5.41) is 5.78. The van der Waals surface area contributed by atoms with Crippen LogP contribution in [0.4, 0.5) is 9.59 Å². The molecular weight excluding hydrogens is 382 g/mol. The molecule has 2 atom stereocenters. The highest BCUT2D eigenvalue weighted by Gasteiger charge is 2.33. The Bertz CT molecular complexity index is 655. The second kappa shape index (κ2) is 10.2. The highest BCUT2D eigenvalue weighted by Crippen LogP contribution is 2.24. The summed E-state index contributed by atoms with van der Waals surface area (Å²) in [5.74, 6) is 0.410. The van der Waals surface area contributed by atoms with E-state index in [2.05, 4.69) is 27.7 Å². The van der Waals surface area contributed by atoms with Crippen LogP contribution in [0.5, 0.6) is 0 Å². The summed E-state index contributed by atoms with van der Waals surface area (Å²) in [6.07, 6.45) is -0.828. The van der Waals surface area contributed by atoms with Gasteiger partial charge in [0.05, 0.1) is 0 Å². The fourth-order valence-electron chi connectivity index (χ4n) is 3.53. The highest BCUT2D eigenvalue weighted by atomic mass is 16.6. The number of hydrogen-bond acceptors (Lipinski definition) is 5. The zero-order valence-corrected chi connectivity index (χ0v) is 19.2. The van der Waals surface area contributed by atoms with Gasteiger partial charge in [-0.25, -0.2) is 9.59 Å². The maximum Gasteiger partial charge on any atom is 0.407 e. The minimum Gasteiger partial charge on any atom is -0.444 e. The first-order valence-corrected chi connectivity index (χ1v) is 10.6. The van der Waals surface area contributed by atoms with Gasteiger partial charge in [0.15, 0.2) is 0 Å². The van der Waals surface area contributed by atoms with Gasteiger partial charge >= 0.3 is 12.2 Å². The quantitative estimate of drug-likeness (QED) is 0.733. The van der Waals surface area contributed by atoms with Gasteiger partial charge in [-0.1, -0.05) is 30.3 Å². The number of benzene rings is 1. The Kier molecular flexibility index (Phi) is 8.12. The van der Waals surface area contributed by atoms with Gasteiger partial charge in [-0.05, 0) is 58.9 Å². The van der Waals surface area contributed by atoms with Crippen molar-refractivity contribution >= 4 is 12.2 Å². The third kappa shape index (κ3) is 9.03. The zero-order valence-electron chi connectivity index (χ0n) is 19.2. The monoisotopic (exact) mass is 419 g/mol. The number of ether oxygens (including phenoxy) is 2. The summed E-state index contributed by atoms with van der Waals surface area (Å²) in [5.41, 5.74) is 0.185. The van der Waals surface area contributed by atoms with Gasteiger partial charge in [0.1, 0.15) is 11.2 Å². The first kappa shape index (κ1) is 24.0. The highest BCUT2D eigenvalue weighted by molar-refractivity contribution is 5.68. The van der Waals surface area contributed by atoms with Crippen LogP contribution in [0, 0.1) is 11.8 Å². The van der Waals surface area contributed by atoms with E-state index in [4.69, 9.17) is 9.47 Å². The molecule has 2 unspecified atom stereocenters. The number of carbonyl (C=O) groups excluding carboxylic acids is 2. The Labute approximate surface area is 180 Å². The van der Waals surface area contributed by atoms with E-state index >= 15 is 0 Å². The van der Waals surface area contributed by atoms with E-state index in [1.54, 1.807) is 0 Å². The molecule has 1 aliphatic heterocycles. The zero-order chi connectivity index (χ0) is 22.4. The van der Waals surface area contributed by atoms with Crippen molar-refractivity contribution in [3.05, 3.63) is 35.9 Å². The van der Waals surface area contributed by atoms with Crippen molar-refractivity contribution in [2.75, 3.05) is 26.2 Å². The third-order valence-corrected chi connectivity index (χ3v) is 4.72. The number of hydrogen-bond donors (Lipinski definition) is 2. The lowest BCUT2D eigenvalue weighted by molar-refractivity contribution is 0.0491. The Morgan fingerprint density at radius 1 is 0.867 bits per heavy atom. The Balaban J connectivity index is 1.94. The molecule has 1 heterocycles. The lowest BCUT2D eigenvalue weighted by atomic mass is 9.96. The number of likely N-dealkylation sites (tertiary alicyclic amines) is 1. The first-order chi connectivity index (χ1) is 13.9. The van der Waals surface area contributed by atoms with Gasteiger partial charge in [-0.15, -0.1) is 0 Å². The lowest BCUT2D eigenvalue weighted by Crippen LogP contribution is -2.40. The SMILES string of the molecule is CC(C)(C)OC(=O)NCC1CN(Cc2ccccc2)CC1CNC(=O)OC(C)(C)C. The molecule has 0 aliphatic carbocycles. The number of amides is 2. The van der Waals surface area contributed by atoms with Crippen LogP contribution in [0.15, 0.2) is 30.3 Å². The minimum absolute atomic E-state index is 0.205. The van der Waals surface area contributed by atoms with Crippen LogP contribution in [-0.2, 0) is 16.0 Å². The maximum atomic E-state index is 12.1. The smallest absolute Gasteiger partial charge is 0.407 e. The number of nitrogens with one attached hydrogen (secondary N) is 2. The van der Waals surface area contributed by atoms with E-state index in [1.807, 2.05) is 59.7 Å². The molecule has 1 fully saturated rings. The molecule has 2 N–H and O–H groups in total. The Morgan fingerprint density at radius 2 is 1.30 bits per heavy atom. The van der Waals surface area contributed by atoms with Gasteiger partial charge in [-0.3, -0.25) is 4.90 Å². The van der Waals surface area contributed by atoms with Gasteiger partial charge in [0.25, 0.3) is 0 Å². The molecule has 30 heavy (non-hydrogen) atoms. The van der Waals surface area contributed by atoms with Crippen molar-refractivity contribution in [2.24, 2.45) is 11.8 Å². The third-order valence-electron chi connectivity index (χ3n) is 4.72. The van der Waals surface area contributed by atoms with Crippen molar-refractivity contribution in [1.29, 1.82) is 0 Å². The average molecular weight is 420 g/mol. The molecule has 1 aromatic carbocycles. The molecule has 0 aromatic heterocycles. The summed E-state index contributed by atoms with van der Waals surface area (Å²) in [7, 11) is 0. The number of alkyl carbamates (subject to hydrolysis) is 2. The molecule has 2 amide bonds. The second-order valence-corrected chi connectivity index (χ2v) is 9.97. The molecule has 1 aliphatic rings. The van der Waals surface area contributed by atoms with Gasteiger partial charge in [0.2, 0.25) is 0 Å². The first-order valence-electron chi connectivity index (χ1n) is 10.6. The van der Waals surface area contributed by atoms with E-state index in [-0.39, 0.29) is 11.8 Å². The number of nitrogens with zero attached hydrogens (tertiary/aromatic N) is 1. The summed E-state index contributed by atoms with van der Waals surface area (Å²) in [6, 6.07) is 10.3.